The highest BCUT2D eigenvalue weighted by Crippen LogP contribution is 2.34. The van der Waals surface area contributed by atoms with E-state index in [9.17, 15) is 39.6 Å². The third-order valence-corrected chi connectivity index (χ3v) is 10.8. The van der Waals surface area contributed by atoms with E-state index in [2.05, 4.69) is 0 Å². The van der Waals surface area contributed by atoms with Gasteiger partial charge in [0.05, 0.1) is 68.7 Å². The van der Waals surface area contributed by atoms with Gasteiger partial charge in [-0.25, -0.2) is 0 Å². The van der Waals surface area contributed by atoms with Crippen LogP contribution in [0.15, 0.2) is 72.8 Å². The first-order valence-electron chi connectivity index (χ1n) is 20.4. The van der Waals surface area contributed by atoms with E-state index in [4.69, 9.17) is 37.9 Å². The summed E-state index contributed by atoms with van der Waals surface area (Å²) >= 11 is 0. The van der Waals surface area contributed by atoms with Gasteiger partial charge in [0.2, 0.25) is 0 Å². The number of carbonyl (C=O) groups is 4. The van der Waals surface area contributed by atoms with Crippen LogP contribution in [-0.2, 0) is 44.9 Å². The molecule has 0 fully saturated rings. The van der Waals surface area contributed by atoms with E-state index in [-0.39, 0.29) is 38.5 Å². The lowest BCUT2D eigenvalue weighted by atomic mass is 9.80. The molecule has 0 heterocycles. The van der Waals surface area contributed by atoms with Gasteiger partial charge in [-0.2, -0.15) is 0 Å². The quantitative estimate of drug-likeness (QED) is 0.0483. The topological polar surface area (TPSA) is 223 Å². The molecule has 0 bridgehead atoms. The number of benzene rings is 4. The van der Waals surface area contributed by atoms with Gasteiger partial charge in [-0.15, -0.1) is 0 Å². The van der Waals surface area contributed by atoms with E-state index in [0.717, 1.165) is 22.3 Å². The average molecular weight is 893 g/mol. The second kappa shape index (κ2) is 25.9. The Balaban J connectivity index is 0.000000340. The zero-order valence-corrected chi connectivity index (χ0v) is 37.6. The van der Waals surface area contributed by atoms with Gasteiger partial charge in [-0.05, 0) is 121 Å². The summed E-state index contributed by atoms with van der Waals surface area (Å²) in [6.45, 7) is 0. The molecule has 0 spiro atoms. The second-order valence-electron chi connectivity index (χ2n) is 15.0. The Bertz CT molecular complexity index is 1910. The molecule has 0 aliphatic heterocycles. The van der Waals surface area contributed by atoms with Crippen molar-refractivity contribution >= 4 is 23.9 Å². The Labute approximate surface area is 373 Å². The van der Waals surface area contributed by atoms with E-state index in [1.54, 1.807) is 48.5 Å². The first-order valence-corrected chi connectivity index (χ1v) is 20.4. The minimum Gasteiger partial charge on any atom is -0.497 e. The lowest BCUT2D eigenvalue weighted by Gasteiger charge is -2.25. The molecule has 0 amide bonds. The summed E-state index contributed by atoms with van der Waals surface area (Å²) in [5.41, 5.74) is 3.09. The summed E-state index contributed by atoms with van der Waals surface area (Å²) in [4.78, 5) is 47.1. The van der Waals surface area contributed by atoms with E-state index in [1.807, 2.05) is 24.3 Å². The zero-order valence-electron chi connectivity index (χ0n) is 37.6. The fraction of sp³-hybridized carbons (Fsp3) is 0.417. The maximum Gasteiger partial charge on any atom is 0.307 e. The summed E-state index contributed by atoms with van der Waals surface area (Å²) in [6.07, 6.45) is 1.30. The van der Waals surface area contributed by atoms with Gasteiger partial charge in [-0.3, -0.25) is 19.2 Å². The van der Waals surface area contributed by atoms with E-state index in [1.165, 1.54) is 56.9 Å². The highest BCUT2D eigenvalue weighted by atomic mass is 16.5. The lowest BCUT2D eigenvalue weighted by molar-refractivity contribution is -0.145. The predicted octanol–water partition coefficient (Wildman–Crippen LogP) is 7.38. The van der Waals surface area contributed by atoms with Crippen LogP contribution in [-0.4, -0.2) is 101 Å². The van der Waals surface area contributed by atoms with Crippen molar-refractivity contribution in [2.45, 2.75) is 51.4 Å². The minimum absolute atomic E-state index is 0.128. The van der Waals surface area contributed by atoms with Crippen LogP contribution < -0.4 is 37.9 Å². The monoisotopic (exact) mass is 892 g/mol. The first-order chi connectivity index (χ1) is 30.6. The highest BCUT2D eigenvalue weighted by Gasteiger charge is 2.31. The average Bonchev–Trinajstić information content (AvgIpc) is 3.29. The van der Waals surface area contributed by atoms with Crippen molar-refractivity contribution < 1.29 is 77.5 Å². The molecule has 16 nitrogen and oxygen atoms in total. The molecule has 0 aromatic heterocycles. The van der Waals surface area contributed by atoms with Gasteiger partial charge >= 0.3 is 23.9 Å². The van der Waals surface area contributed by atoms with Gasteiger partial charge in [0.15, 0.2) is 0 Å². The molecule has 4 aromatic rings. The Hall–Kier alpha value is -6.84. The van der Waals surface area contributed by atoms with Crippen LogP contribution in [0.25, 0.3) is 0 Å². The van der Waals surface area contributed by atoms with Gasteiger partial charge in [0.1, 0.15) is 46.0 Å². The number of hydrogen-bond donors (Lipinski definition) is 4. The van der Waals surface area contributed by atoms with Crippen LogP contribution in [0.1, 0.15) is 47.9 Å². The third-order valence-electron chi connectivity index (χ3n) is 10.8. The second-order valence-corrected chi connectivity index (χ2v) is 15.0. The first kappa shape index (κ1) is 51.5. The van der Waals surface area contributed by atoms with Crippen molar-refractivity contribution in [3.63, 3.8) is 0 Å². The number of rotatable bonds is 26. The molecule has 64 heavy (non-hydrogen) atoms. The summed E-state index contributed by atoms with van der Waals surface area (Å²) in [7, 11) is 12.3. The summed E-state index contributed by atoms with van der Waals surface area (Å²) in [6, 6.07) is 21.2. The molecule has 0 saturated carbocycles. The maximum atomic E-state index is 12.3. The third kappa shape index (κ3) is 16.5. The van der Waals surface area contributed by atoms with Crippen LogP contribution in [0.5, 0.6) is 46.0 Å². The van der Waals surface area contributed by atoms with Crippen LogP contribution in [0, 0.1) is 23.7 Å². The number of hydrogen-bond acceptors (Lipinski definition) is 12. The molecular formula is C48H60O16. The largest absolute Gasteiger partial charge is 0.497 e. The Morgan fingerprint density at radius 2 is 0.562 bits per heavy atom. The molecule has 0 saturated heterocycles. The number of methoxy groups -OCH3 is 8. The minimum atomic E-state index is -0.989. The molecular weight excluding hydrogens is 833 g/mol. The molecule has 0 unspecified atom stereocenters. The number of carboxylic acids is 4. The van der Waals surface area contributed by atoms with Crippen LogP contribution in [0.2, 0.25) is 0 Å². The number of carboxylic acid groups (broad SMARTS) is 4. The zero-order chi connectivity index (χ0) is 47.3. The lowest BCUT2D eigenvalue weighted by Crippen LogP contribution is -2.28. The van der Waals surface area contributed by atoms with E-state index < -0.39 is 47.5 Å². The van der Waals surface area contributed by atoms with Gasteiger partial charge < -0.3 is 58.3 Å². The smallest absolute Gasteiger partial charge is 0.307 e. The van der Waals surface area contributed by atoms with Crippen molar-refractivity contribution in [3.05, 3.63) is 95.1 Å². The Morgan fingerprint density at radius 1 is 0.359 bits per heavy atom. The highest BCUT2D eigenvalue weighted by molar-refractivity contribution is 5.72. The SMILES string of the molecule is COc1cc(C[C@@H](CCC(=O)O)[C@@H](Cc2cc(OC)cc(OC)c2)C(=O)O)cc(OC)c1.COc1cc(C[C@H](CCC(=O)O)[C@H](Cc2cc(OC)cc(OC)c2)C(=O)O)cc(OC)c1. The van der Waals surface area contributed by atoms with Crippen molar-refractivity contribution in [1.29, 1.82) is 0 Å². The van der Waals surface area contributed by atoms with Crippen molar-refractivity contribution in [2.24, 2.45) is 23.7 Å². The molecule has 0 aliphatic carbocycles. The summed E-state index contributed by atoms with van der Waals surface area (Å²) < 4.78 is 42.4. The maximum absolute atomic E-state index is 12.3. The summed E-state index contributed by atoms with van der Waals surface area (Å²) in [5, 5.41) is 38.5. The fourth-order valence-corrected chi connectivity index (χ4v) is 7.47. The van der Waals surface area contributed by atoms with Gasteiger partial charge in [0, 0.05) is 37.1 Å². The molecule has 4 aromatic carbocycles. The van der Waals surface area contributed by atoms with Gasteiger partial charge in [0.25, 0.3) is 0 Å². The molecule has 4 N–H and O–H groups in total. The van der Waals surface area contributed by atoms with E-state index >= 15 is 0 Å². The molecule has 16 heteroatoms. The standard InChI is InChI=1S/2C24H30O8/c2*1-29-18-8-15(9-19(13-18)30-2)7-17(5-6-23(25)26)22(24(27)28)12-16-10-20(31-3)14-21(11-16)32-4/h2*8-11,13-14,17,22H,5-7,12H2,1-4H3,(H,25,26)(H,27,28)/t2*17-,22-/m10/s1. The predicted molar refractivity (Wildman–Crippen MR) is 236 cm³/mol. The molecule has 0 aliphatic rings. The molecule has 4 rings (SSSR count). The van der Waals surface area contributed by atoms with Gasteiger partial charge in [-0.1, -0.05) is 0 Å². The van der Waals surface area contributed by atoms with Crippen LogP contribution in [0.4, 0.5) is 0 Å². The van der Waals surface area contributed by atoms with E-state index in [0.29, 0.717) is 58.8 Å². The van der Waals surface area contributed by atoms with Crippen LogP contribution in [0.3, 0.4) is 0 Å². The van der Waals surface area contributed by atoms with Crippen molar-refractivity contribution in [1.82, 2.24) is 0 Å². The fourth-order valence-electron chi connectivity index (χ4n) is 7.47. The van der Waals surface area contributed by atoms with Crippen molar-refractivity contribution in [2.75, 3.05) is 56.9 Å². The Kier molecular flexibility index (Phi) is 20.9. The normalized spacial score (nSPS) is 12.5. The Morgan fingerprint density at radius 3 is 0.734 bits per heavy atom. The number of ether oxygens (including phenoxy) is 8. The molecule has 4 atom stereocenters. The van der Waals surface area contributed by atoms with Crippen molar-refractivity contribution in [3.8, 4) is 46.0 Å². The molecule has 348 valence electrons. The molecule has 0 radical (unpaired) electrons. The summed E-state index contributed by atoms with van der Waals surface area (Å²) in [5.74, 6) is -1.84. The van der Waals surface area contributed by atoms with Crippen LogP contribution >= 0.6 is 0 Å². The number of aliphatic carboxylic acids is 4.